The molecule has 1 unspecified atom stereocenters. The number of thiophene rings is 2. The lowest BCUT2D eigenvalue weighted by Crippen LogP contribution is -2.10. The monoisotopic (exact) mass is 1840 g/mol. The molecule has 0 aliphatic rings. The van der Waals surface area contributed by atoms with Crippen molar-refractivity contribution < 1.29 is 8.78 Å². The number of para-hydroxylation sites is 9. The summed E-state index contributed by atoms with van der Waals surface area (Å²) >= 11 is 21.0. The number of nitrogens with one attached hydrogen (secondary N) is 1. The van der Waals surface area contributed by atoms with Gasteiger partial charge in [-0.1, -0.05) is 200 Å². The van der Waals surface area contributed by atoms with Gasteiger partial charge in [-0.2, -0.15) is 9.90 Å². The van der Waals surface area contributed by atoms with Crippen LogP contribution in [0, 0.1) is 11.6 Å². The number of hydrogen-bond donors (Lipinski definition) is 1. The smallest absolute Gasteiger partial charge is 0.141 e. The largest absolute Gasteiger partial charge is 0.356 e. The molecule has 0 spiro atoms. The number of halogens is 2. The second-order valence-corrected chi connectivity index (χ2v) is 41.8. The third-order valence-electron chi connectivity index (χ3n) is 20.8. The van der Waals surface area contributed by atoms with Crippen molar-refractivity contribution in [3.05, 3.63) is 417 Å². The zero-order chi connectivity index (χ0) is 82.4. The van der Waals surface area contributed by atoms with Gasteiger partial charge in [-0.25, -0.2) is 8.78 Å². The Morgan fingerprint density at radius 1 is 0.270 bits per heavy atom. The second kappa shape index (κ2) is 40.3. The number of aromatic nitrogens is 3. The lowest BCUT2D eigenvalue weighted by atomic mass is 10.00. The first-order chi connectivity index (χ1) is 59.7. The summed E-state index contributed by atoms with van der Waals surface area (Å²) in [7, 11) is 9.71. The van der Waals surface area contributed by atoms with Gasteiger partial charge in [0.05, 0.1) is 48.2 Å². The highest BCUT2D eigenvalue weighted by Gasteiger charge is 2.23. The van der Waals surface area contributed by atoms with Crippen molar-refractivity contribution in [2.24, 2.45) is 0 Å². The standard InChI is InChI=1S/C62H42N4S.C24H18N2.C14H8F2S.H3P.S7.S4/c1-5-17-44(18-6-1)63(49-33-36-59-55(41-49)52-25-13-15-27-57(52)65(59)46-21-9-3-10-22-46)48-31-29-43(30-32-48)51-35-38-61(62-54(51)39-40-67-62)64(45-19-7-2-8-20-45)50-34-37-60-56(42-50)53-26-14-16-28-58(53)66(60)47-23-11-4-12-24-47;1-3-9-18(10-4-1)25-19-15-16-24-22(17-19)21-13-7-8-14-23(21)26(24)20-11-5-2-6-12-20;15-10-3-1-9(2-4-10)11-5-6-13(16)14-12(11)7-8-17-14;;1-3-5-7-6-4-2;1-3-4-2/h1-42H;1-17,25H;1-8H;1H3;;. The first kappa shape index (κ1) is 84.6. The van der Waals surface area contributed by atoms with Gasteiger partial charge in [-0.3, -0.25) is 0 Å². The van der Waals surface area contributed by atoms with E-state index < -0.39 is 0 Å². The summed E-state index contributed by atoms with van der Waals surface area (Å²) in [6.07, 6.45) is 0. The summed E-state index contributed by atoms with van der Waals surface area (Å²) in [4.78, 5) is 4.79. The van der Waals surface area contributed by atoms with E-state index in [4.69, 9.17) is 0 Å². The Bertz CT molecular complexity index is 7600. The summed E-state index contributed by atoms with van der Waals surface area (Å²) in [5.41, 5.74) is 23.8. The zero-order valence-electron chi connectivity index (χ0n) is 64.7. The molecule has 0 bridgehead atoms. The minimum Gasteiger partial charge on any atom is -0.356 e. The predicted octanol–water partition coefficient (Wildman–Crippen LogP) is 29.1. The molecule has 0 aliphatic heterocycles. The van der Waals surface area contributed by atoms with E-state index in [9.17, 15) is 8.78 Å². The van der Waals surface area contributed by atoms with E-state index in [2.05, 4.69) is 413 Å². The number of anilines is 8. The highest BCUT2D eigenvalue weighted by molar-refractivity contribution is 8.68. The minimum atomic E-state index is -0.266. The Kier molecular flexibility index (Phi) is 27.9. The van der Waals surface area contributed by atoms with Crippen molar-refractivity contribution in [3.63, 3.8) is 0 Å². The molecule has 0 amide bonds. The Balaban J connectivity index is 0.000000162. The molecule has 1 N–H and O–H groups in total. The molecule has 122 heavy (non-hydrogen) atoms. The molecule has 0 fully saturated rings. The van der Waals surface area contributed by atoms with Crippen LogP contribution in [0.1, 0.15) is 0 Å². The Morgan fingerprint density at radius 2 is 0.631 bits per heavy atom. The summed E-state index contributed by atoms with van der Waals surface area (Å²) in [6.45, 7) is 0. The van der Waals surface area contributed by atoms with E-state index in [0.29, 0.717) is 4.70 Å². The molecular formula is C100H71F2N6PS13. The van der Waals surface area contributed by atoms with Crippen LogP contribution in [-0.2, 0) is 107 Å². The van der Waals surface area contributed by atoms with Crippen LogP contribution in [0.5, 0.6) is 0 Å². The number of rotatable bonds is 13. The maximum Gasteiger partial charge on any atom is 0.141 e. The van der Waals surface area contributed by atoms with Gasteiger partial charge < -0.3 is 28.8 Å². The minimum absolute atomic E-state index is 0. The zero-order valence-corrected chi connectivity index (χ0v) is 76.7. The van der Waals surface area contributed by atoms with Gasteiger partial charge in [0.15, 0.2) is 0 Å². The van der Waals surface area contributed by atoms with Crippen LogP contribution in [0.25, 0.3) is 125 Å². The second-order valence-electron chi connectivity index (χ2n) is 27.6. The maximum absolute atomic E-state index is 13.5. The number of fused-ring (bicyclic) bond motifs is 11. The lowest BCUT2D eigenvalue weighted by molar-refractivity contribution is 0.628. The van der Waals surface area contributed by atoms with E-state index in [-0.39, 0.29) is 21.5 Å². The molecule has 21 aromatic rings. The first-order valence-corrected chi connectivity index (χ1v) is 52.0. The maximum atomic E-state index is 13.5. The van der Waals surface area contributed by atoms with Gasteiger partial charge in [0.1, 0.15) is 11.6 Å². The topological polar surface area (TPSA) is 33.3 Å². The number of hydrogen-bond acceptors (Lipinski definition) is 9. The predicted molar refractivity (Wildman–Crippen MR) is 555 cm³/mol. The fourth-order valence-electron chi connectivity index (χ4n) is 15.7. The summed E-state index contributed by atoms with van der Waals surface area (Å²) in [5.74, 6) is -0.474. The van der Waals surface area contributed by atoms with E-state index in [0.717, 1.165) is 73.4 Å². The summed E-state index contributed by atoms with van der Waals surface area (Å²) in [6, 6.07) is 137. The van der Waals surface area contributed by atoms with E-state index in [1.54, 1.807) is 56.2 Å². The van der Waals surface area contributed by atoms with Crippen LogP contribution in [0.15, 0.2) is 405 Å². The quantitative estimate of drug-likeness (QED) is 0.115. The van der Waals surface area contributed by atoms with Gasteiger partial charge >= 0.3 is 0 Å². The molecule has 6 nitrogen and oxygen atoms in total. The molecular weight excluding hydrogens is 1770 g/mol. The van der Waals surface area contributed by atoms with Gasteiger partial charge in [0, 0.05) is 207 Å². The molecule has 5 heterocycles. The van der Waals surface area contributed by atoms with Crippen molar-refractivity contribution in [2.75, 3.05) is 15.1 Å². The Morgan fingerprint density at radius 3 is 1.10 bits per heavy atom. The number of nitrogens with zero attached hydrogens (tertiary/aromatic N) is 5. The molecule has 0 radical (unpaired) electrons. The Hall–Kier alpha value is -11.1. The molecule has 0 saturated heterocycles. The average Bonchev–Trinajstić information content (AvgIpc) is 1.58. The van der Waals surface area contributed by atoms with Crippen LogP contribution in [-0.4, -0.2) is 13.7 Å². The van der Waals surface area contributed by atoms with Crippen molar-refractivity contribution >= 4 is 271 Å². The first-order valence-electron chi connectivity index (χ1n) is 38.2. The lowest BCUT2D eigenvalue weighted by Gasteiger charge is -2.27. The van der Waals surface area contributed by atoms with Crippen LogP contribution in [0.3, 0.4) is 0 Å². The normalized spacial score (nSPS) is 10.8. The molecule has 0 aliphatic carbocycles. The fraction of sp³-hybridized carbons (Fsp3) is 0. The van der Waals surface area contributed by atoms with Crippen LogP contribution >= 0.6 is 32.6 Å². The molecule has 598 valence electrons. The highest BCUT2D eigenvalue weighted by atomic mass is 33.4. The van der Waals surface area contributed by atoms with Crippen LogP contribution in [0.4, 0.5) is 54.3 Å². The summed E-state index contributed by atoms with van der Waals surface area (Å²) < 4.78 is 35.4. The van der Waals surface area contributed by atoms with Crippen molar-refractivity contribution in [3.8, 4) is 39.3 Å². The van der Waals surface area contributed by atoms with Gasteiger partial charge in [0.25, 0.3) is 0 Å². The van der Waals surface area contributed by atoms with Crippen LogP contribution in [0.2, 0.25) is 0 Å². The average molecular weight is 1840 g/mol. The van der Waals surface area contributed by atoms with Crippen LogP contribution < -0.4 is 15.1 Å². The molecule has 0 saturated carbocycles. The van der Waals surface area contributed by atoms with Crippen molar-refractivity contribution in [2.45, 2.75) is 0 Å². The van der Waals surface area contributed by atoms with Crippen molar-refractivity contribution in [1.82, 2.24) is 13.7 Å². The molecule has 22 heteroatoms. The van der Waals surface area contributed by atoms with Crippen molar-refractivity contribution in [1.29, 1.82) is 0 Å². The molecule has 5 aromatic heterocycles. The molecule has 1 atom stereocenters. The molecule has 16 aromatic carbocycles. The molecule has 21 rings (SSSR count). The van der Waals surface area contributed by atoms with E-state index >= 15 is 0 Å². The number of benzene rings is 16. The van der Waals surface area contributed by atoms with Gasteiger partial charge in [-0.05, 0) is 227 Å². The van der Waals surface area contributed by atoms with E-state index in [1.165, 1.54) is 157 Å². The third-order valence-corrected chi connectivity index (χ3v) is 33.7. The highest BCUT2D eigenvalue weighted by Crippen LogP contribution is 2.48. The SMILES string of the molecule is Fc1ccc(-c2ccc(F)c3sccc23)cc1.P.S=S=S=S.S=S=S=S=S=S=S.c1ccc(N(c2ccc(-c3ccc(N(c4ccccc4)c4ccc5c(c4)c4ccccc4n5-c4ccccc4)c4sccc34)cc2)c2ccc3c(c2)c2ccccc2n3-c2ccccc2)cc1.c1ccc(Nc2ccc3c(c2)c2ccccc2n3-c2ccccc2)cc1. The third kappa shape index (κ3) is 18.2. The van der Waals surface area contributed by atoms with Gasteiger partial charge in [-0.15, -0.1) is 22.7 Å². The van der Waals surface area contributed by atoms with E-state index in [1.807, 2.05) is 29.6 Å². The summed E-state index contributed by atoms with van der Waals surface area (Å²) in [5, 5.41) is 17.1. The fourth-order valence-corrected chi connectivity index (χ4v) is 25.7. The van der Waals surface area contributed by atoms with Gasteiger partial charge in [0.2, 0.25) is 0 Å². The Labute approximate surface area is 756 Å².